The number of fused-ring (bicyclic) bond motifs is 1. The van der Waals surface area contributed by atoms with Crippen molar-refractivity contribution in [2.45, 2.75) is 13.2 Å². The summed E-state index contributed by atoms with van der Waals surface area (Å²) >= 11 is 1.39. The fraction of sp³-hybridized carbons (Fsp3) is 0.107. The van der Waals surface area contributed by atoms with Crippen LogP contribution in [0.1, 0.15) is 5.69 Å². The van der Waals surface area contributed by atoms with Crippen LogP contribution >= 0.6 is 11.3 Å². The molecule has 0 aliphatic rings. The molecule has 6 aromatic rings. The third kappa shape index (κ3) is 5.63. The third-order valence-electron chi connectivity index (χ3n) is 5.90. The Balaban J connectivity index is 1.01. The average molecular weight is 538 g/mol. The number of thiazole rings is 1. The van der Waals surface area contributed by atoms with Gasteiger partial charge in [0, 0.05) is 11.1 Å². The highest BCUT2D eigenvalue weighted by molar-refractivity contribution is 7.19. The van der Waals surface area contributed by atoms with Crippen molar-refractivity contribution in [3.8, 4) is 33.5 Å². The Morgan fingerprint density at radius 2 is 1.77 bits per heavy atom. The Kier molecular flexibility index (Phi) is 6.71. The second kappa shape index (κ2) is 10.8. The molecular weight excluding hydrogens is 514 g/mol. The molecule has 0 bridgehead atoms. The number of aromatic amines is 1. The quantitative estimate of drug-likeness (QED) is 0.261. The maximum absolute atomic E-state index is 12.5. The molecule has 0 atom stereocenters. The molecule has 0 saturated heterocycles. The van der Waals surface area contributed by atoms with Crippen LogP contribution < -0.4 is 14.8 Å². The summed E-state index contributed by atoms with van der Waals surface area (Å²) in [5.74, 6) is 2.05. The molecule has 6 rings (SSSR count). The molecule has 3 aromatic heterocycles. The standard InChI is InChI=1S/C28H23N7O3S/c1-37-21-10-8-19(9-11-21)28-29-14-26(39-28)32-25(36)16-35-15-20(33-34-35)17-38-22-12-6-18(7-13-22)27-30-23-4-2-3-5-24(23)31-27/h2-15H,16-17H2,1H3,(H,30,31)(H,32,36). The lowest BCUT2D eigenvalue weighted by Crippen LogP contribution is -2.18. The number of aromatic nitrogens is 6. The van der Waals surface area contributed by atoms with Crippen LogP contribution in [-0.4, -0.2) is 43.0 Å². The predicted octanol–water partition coefficient (Wildman–Crippen LogP) is 5.17. The summed E-state index contributed by atoms with van der Waals surface area (Å²) in [5, 5.41) is 12.5. The van der Waals surface area contributed by atoms with Gasteiger partial charge in [-0.1, -0.05) is 28.7 Å². The largest absolute Gasteiger partial charge is 0.497 e. The number of hydrogen-bond acceptors (Lipinski definition) is 8. The van der Waals surface area contributed by atoms with Crippen molar-refractivity contribution in [3.05, 3.63) is 90.9 Å². The van der Waals surface area contributed by atoms with Gasteiger partial charge in [-0.15, -0.1) is 5.10 Å². The van der Waals surface area contributed by atoms with Gasteiger partial charge in [0.15, 0.2) is 0 Å². The molecule has 0 saturated carbocycles. The normalized spacial score (nSPS) is 11.0. The van der Waals surface area contributed by atoms with E-state index in [0.29, 0.717) is 16.4 Å². The van der Waals surface area contributed by atoms with Gasteiger partial charge in [0.05, 0.1) is 30.5 Å². The van der Waals surface area contributed by atoms with Crippen molar-refractivity contribution in [1.82, 2.24) is 29.9 Å². The zero-order valence-corrected chi connectivity index (χ0v) is 21.7. The molecule has 2 N–H and O–H groups in total. The highest BCUT2D eigenvalue weighted by Gasteiger charge is 2.11. The molecule has 0 unspecified atom stereocenters. The first-order chi connectivity index (χ1) is 19.1. The summed E-state index contributed by atoms with van der Waals surface area (Å²) < 4.78 is 12.5. The van der Waals surface area contributed by atoms with E-state index < -0.39 is 0 Å². The molecule has 3 heterocycles. The Labute approximate surface area is 227 Å². The van der Waals surface area contributed by atoms with Gasteiger partial charge in [-0.25, -0.2) is 14.6 Å². The van der Waals surface area contributed by atoms with Gasteiger partial charge in [-0.3, -0.25) is 4.79 Å². The maximum Gasteiger partial charge on any atom is 0.246 e. The highest BCUT2D eigenvalue weighted by atomic mass is 32.1. The summed E-state index contributed by atoms with van der Waals surface area (Å²) in [6.07, 6.45) is 3.33. The highest BCUT2D eigenvalue weighted by Crippen LogP contribution is 2.29. The molecule has 10 nitrogen and oxygen atoms in total. The topological polar surface area (TPSA) is 120 Å². The number of carbonyl (C=O) groups is 1. The minimum absolute atomic E-state index is 0.0228. The number of H-pyrrole nitrogens is 1. The number of anilines is 1. The number of amides is 1. The van der Waals surface area contributed by atoms with Crippen LogP contribution in [-0.2, 0) is 17.9 Å². The van der Waals surface area contributed by atoms with E-state index in [1.54, 1.807) is 19.5 Å². The molecule has 0 spiro atoms. The molecule has 11 heteroatoms. The summed E-state index contributed by atoms with van der Waals surface area (Å²) in [6, 6.07) is 23.2. The van der Waals surface area contributed by atoms with Crippen LogP contribution in [0.4, 0.5) is 5.00 Å². The molecule has 194 valence electrons. The minimum atomic E-state index is -0.224. The SMILES string of the molecule is COc1ccc(-c2ncc(NC(=O)Cn3cc(COc4ccc(-c5nc6ccccc6[nH]5)cc4)nn3)s2)cc1. The summed E-state index contributed by atoms with van der Waals surface area (Å²) in [5.41, 5.74) is 4.45. The van der Waals surface area contributed by atoms with Crippen LogP contribution in [0.2, 0.25) is 0 Å². The second-order valence-electron chi connectivity index (χ2n) is 8.63. The Hall–Kier alpha value is -5.03. The van der Waals surface area contributed by atoms with E-state index >= 15 is 0 Å². The molecule has 39 heavy (non-hydrogen) atoms. The number of carbonyl (C=O) groups excluding carboxylic acids is 1. The predicted molar refractivity (Wildman–Crippen MR) is 149 cm³/mol. The van der Waals surface area contributed by atoms with Gasteiger partial charge in [-0.2, -0.15) is 0 Å². The fourth-order valence-corrected chi connectivity index (χ4v) is 4.80. The number of imidazole rings is 1. The van der Waals surface area contributed by atoms with Crippen LogP contribution in [0, 0.1) is 0 Å². The van der Waals surface area contributed by atoms with E-state index in [4.69, 9.17) is 9.47 Å². The molecule has 1 amide bonds. The number of nitrogens with zero attached hydrogens (tertiary/aromatic N) is 5. The second-order valence-corrected chi connectivity index (χ2v) is 9.66. The van der Waals surface area contributed by atoms with E-state index in [-0.39, 0.29) is 19.1 Å². The van der Waals surface area contributed by atoms with E-state index in [1.807, 2.05) is 72.8 Å². The first-order valence-corrected chi connectivity index (χ1v) is 12.9. The Morgan fingerprint density at radius 3 is 2.56 bits per heavy atom. The number of para-hydroxylation sites is 2. The lowest BCUT2D eigenvalue weighted by Gasteiger charge is -2.04. The van der Waals surface area contributed by atoms with Gasteiger partial charge in [0.2, 0.25) is 5.91 Å². The average Bonchev–Trinajstić information content (AvgIpc) is 3.72. The summed E-state index contributed by atoms with van der Waals surface area (Å²) in [4.78, 5) is 24.9. The lowest BCUT2D eigenvalue weighted by atomic mass is 10.2. The van der Waals surface area contributed by atoms with E-state index in [2.05, 4.69) is 30.6 Å². The zero-order chi connectivity index (χ0) is 26.6. The molecule has 0 radical (unpaired) electrons. The monoisotopic (exact) mass is 537 g/mol. The van der Waals surface area contributed by atoms with Crippen LogP contribution in [0.15, 0.2) is 85.2 Å². The van der Waals surface area contributed by atoms with Crippen molar-refractivity contribution < 1.29 is 14.3 Å². The van der Waals surface area contributed by atoms with Crippen molar-refractivity contribution in [1.29, 1.82) is 0 Å². The number of hydrogen-bond donors (Lipinski definition) is 2. The van der Waals surface area contributed by atoms with Crippen molar-refractivity contribution >= 4 is 33.3 Å². The van der Waals surface area contributed by atoms with Gasteiger partial charge >= 0.3 is 0 Å². The van der Waals surface area contributed by atoms with Gasteiger partial charge < -0.3 is 19.8 Å². The number of ether oxygens (including phenoxy) is 2. The van der Waals surface area contributed by atoms with Gasteiger partial charge in [0.25, 0.3) is 0 Å². The number of methoxy groups -OCH3 is 1. The molecule has 0 aliphatic carbocycles. The maximum atomic E-state index is 12.5. The van der Waals surface area contributed by atoms with E-state index in [1.165, 1.54) is 16.0 Å². The minimum Gasteiger partial charge on any atom is -0.497 e. The Morgan fingerprint density at radius 1 is 1.00 bits per heavy atom. The summed E-state index contributed by atoms with van der Waals surface area (Å²) in [7, 11) is 1.63. The fourth-order valence-electron chi connectivity index (χ4n) is 3.96. The molecule has 0 aliphatic heterocycles. The molecule has 0 fully saturated rings. The zero-order valence-electron chi connectivity index (χ0n) is 20.9. The van der Waals surface area contributed by atoms with Crippen molar-refractivity contribution in [2.75, 3.05) is 12.4 Å². The number of rotatable bonds is 9. The van der Waals surface area contributed by atoms with E-state index in [9.17, 15) is 4.79 Å². The van der Waals surface area contributed by atoms with Crippen LogP contribution in [0.25, 0.3) is 33.0 Å². The first-order valence-electron chi connectivity index (χ1n) is 12.1. The van der Waals surface area contributed by atoms with Crippen molar-refractivity contribution in [3.63, 3.8) is 0 Å². The Bertz CT molecular complexity index is 1690. The number of nitrogens with one attached hydrogen (secondary N) is 2. The first kappa shape index (κ1) is 24.3. The molecule has 3 aromatic carbocycles. The van der Waals surface area contributed by atoms with Crippen molar-refractivity contribution in [2.24, 2.45) is 0 Å². The smallest absolute Gasteiger partial charge is 0.246 e. The lowest BCUT2D eigenvalue weighted by molar-refractivity contribution is -0.116. The van der Waals surface area contributed by atoms with Crippen LogP contribution in [0.3, 0.4) is 0 Å². The van der Waals surface area contributed by atoms with E-state index in [0.717, 1.165) is 38.7 Å². The van der Waals surface area contributed by atoms with Gasteiger partial charge in [-0.05, 0) is 60.7 Å². The molecular formula is C28H23N7O3S. The third-order valence-corrected chi connectivity index (χ3v) is 6.86. The van der Waals surface area contributed by atoms with Crippen LogP contribution in [0.5, 0.6) is 11.5 Å². The summed E-state index contributed by atoms with van der Waals surface area (Å²) in [6.45, 7) is 0.251. The van der Waals surface area contributed by atoms with Gasteiger partial charge in [0.1, 0.15) is 46.2 Å². The number of benzene rings is 3.